The van der Waals surface area contributed by atoms with Crippen molar-refractivity contribution < 1.29 is 19.1 Å². The summed E-state index contributed by atoms with van der Waals surface area (Å²) in [4.78, 5) is 33.4. The predicted octanol–water partition coefficient (Wildman–Crippen LogP) is 4.37. The number of aromatic nitrogens is 1. The molecule has 0 atom stereocenters. The second-order valence-electron chi connectivity index (χ2n) is 7.56. The SMILES string of the molecule is CCOc1cc(/C=C2\C(=N)N3N=C(c4ccncc4)SC3=NC2=O)ccc1OC(=O)c1ccccc1. The number of thioether (sulfide) groups is 1. The first-order valence-corrected chi connectivity index (χ1v) is 11.8. The van der Waals surface area contributed by atoms with Crippen LogP contribution in [-0.2, 0) is 4.79 Å². The van der Waals surface area contributed by atoms with Crippen molar-refractivity contribution in [3.63, 3.8) is 0 Å². The van der Waals surface area contributed by atoms with E-state index in [0.717, 1.165) is 5.56 Å². The van der Waals surface area contributed by atoms with E-state index < -0.39 is 11.9 Å². The molecule has 3 heterocycles. The minimum atomic E-state index is -0.539. The third-order valence-corrected chi connectivity index (χ3v) is 6.13. The van der Waals surface area contributed by atoms with Gasteiger partial charge >= 0.3 is 5.97 Å². The number of aliphatic imine (C=N–C) groups is 1. The lowest BCUT2D eigenvalue weighted by Crippen LogP contribution is -2.35. The molecule has 0 bridgehead atoms. The molecule has 36 heavy (non-hydrogen) atoms. The normalized spacial score (nSPS) is 15.9. The van der Waals surface area contributed by atoms with Gasteiger partial charge in [0.2, 0.25) is 5.17 Å². The highest BCUT2D eigenvalue weighted by Gasteiger charge is 2.36. The zero-order chi connectivity index (χ0) is 25.1. The molecule has 0 saturated carbocycles. The number of nitrogens with one attached hydrogen (secondary N) is 1. The number of carbonyl (C=O) groups is 2. The lowest BCUT2D eigenvalue weighted by molar-refractivity contribution is -0.114. The molecule has 1 aromatic heterocycles. The van der Waals surface area contributed by atoms with Gasteiger partial charge in [0, 0.05) is 18.0 Å². The Balaban J connectivity index is 1.42. The second kappa shape index (κ2) is 9.96. The van der Waals surface area contributed by atoms with Crippen LogP contribution < -0.4 is 9.47 Å². The first-order chi connectivity index (χ1) is 17.5. The number of fused-ring (bicyclic) bond motifs is 1. The Morgan fingerprint density at radius 2 is 1.86 bits per heavy atom. The molecule has 0 fully saturated rings. The van der Waals surface area contributed by atoms with E-state index in [-0.39, 0.29) is 17.2 Å². The molecule has 1 amide bonds. The summed E-state index contributed by atoms with van der Waals surface area (Å²) in [6, 6.07) is 17.2. The number of amidine groups is 2. The van der Waals surface area contributed by atoms with Crippen molar-refractivity contribution in [2.24, 2.45) is 10.1 Å². The lowest BCUT2D eigenvalue weighted by atomic mass is 10.1. The summed E-state index contributed by atoms with van der Waals surface area (Å²) >= 11 is 1.22. The Labute approximate surface area is 210 Å². The van der Waals surface area contributed by atoms with Crippen molar-refractivity contribution in [2.75, 3.05) is 6.61 Å². The number of esters is 1. The fraction of sp³-hybridized carbons (Fsp3) is 0.0769. The Morgan fingerprint density at radius 1 is 1.08 bits per heavy atom. The van der Waals surface area contributed by atoms with Gasteiger partial charge in [-0.15, -0.1) is 0 Å². The third-order valence-electron chi connectivity index (χ3n) is 5.17. The minimum Gasteiger partial charge on any atom is -0.490 e. The van der Waals surface area contributed by atoms with E-state index in [1.165, 1.54) is 16.8 Å². The van der Waals surface area contributed by atoms with Crippen LogP contribution in [0.5, 0.6) is 11.5 Å². The number of hydrazone groups is 1. The van der Waals surface area contributed by atoms with Crippen LogP contribution in [0.1, 0.15) is 28.4 Å². The van der Waals surface area contributed by atoms with Gasteiger partial charge in [0.15, 0.2) is 17.3 Å². The van der Waals surface area contributed by atoms with Crippen molar-refractivity contribution in [3.05, 3.63) is 95.3 Å². The number of amides is 1. The fourth-order valence-electron chi connectivity index (χ4n) is 3.47. The van der Waals surface area contributed by atoms with Gasteiger partial charge in [-0.3, -0.25) is 15.2 Å². The summed E-state index contributed by atoms with van der Waals surface area (Å²) < 4.78 is 11.2. The van der Waals surface area contributed by atoms with Crippen LogP contribution in [0.25, 0.3) is 6.08 Å². The average molecular weight is 498 g/mol. The van der Waals surface area contributed by atoms with Gasteiger partial charge in [-0.05, 0) is 66.7 Å². The highest BCUT2D eigenvalue weighted by Crippen LogP contribution is 2.33. The number of rotatable bonds is 6. The van der Waals surface area contributed by atoms with Gasteiger partial charge in [0.25, 0.3) is 5.91 Å². The highest BCUT2D eigenvalue weighted by atomic mass is 32.2. The van der Waals surface area contributed by atoms with Crippen molar-refractivity contribution in [2.45, 2.75) is 6.92 Å². The molecular formula is C26H19N5O4S. The maximum Gasteiger partial charge on any atom is 0.343 e. The maximum atomic E-state index is 12.8. The summed E-state index contributed by atoms with van der Waals surface area (Å²) in [5.74, 6) is -0.546. The van der Waals surface area contributed by atoms with Gasteiger partial charge in [-0.25, -0.2) is 4.79 Å². The zero-order valence-corrected chi connectivity index (χ0v) is 19.9. The van der Waals surface area contributed by atoms with Crippen LogP contribution in [0.2, 0.25) is 0 Å². The molecule has 5 rings (SSSR count). The van der Waals surface area contributed by atoms with E-state index >= 15 is 0 Å². The van der Waals surface area contributed by atoms with Crippen molar-refractivity contribution in [1.29, 1.82) is 5.41 Å². The number of hydrogen-bond acceptors (Lipinski definition) is 8. The van der Waals surface area contributed by atoms with E-state index in [1.807, 2.05) is 13.0 Å². The summed E-state index contributed by atoms with van der Waals surface area (Å²) in [6.45, 7) is 2.16. The van der Waals surface area contributed by atoms with E-state index in [2.05, 4.69) is 15.1 Å². The molecule has 0 unspecified atom stereocenters. The molecule has 178 valence electrons. The number of benzene rings is 2. The molecule has 0 spiro atoms. The summed E-state index contributed by atoms with van der Waals surface area (Å²) in [5, 5.41) is 15.3. The molecule has 2 aliphatic rings. The first-order valence-electron chi connectivity index (χ1n) is 11.0. The van der Waals surface area contributed by atoms with Gasteiger partial charge in [0.05, 0.1) is 17.7 Å². The van der Waals surface area contributed by atoms with Crippen LogP contribution in [0, 0.1) is 5.41 Å². The molecular weight excluding hydrogens is 478 g/mol. The molecule has 9 nitrogen and oxygen atoms in total. The molecule has 3 aromatic rings. The van der Waals surface area contributed by atoms with E-state index in [0.29, 0.717) is 33.7 Å². The van der Waals surface area contributed by atoms with Gasteiger partial charge < -0.3 is 9.47 Å². The summed E-state index contributed by atoms with van der Waals surface area (Å²) in [5.41, 5.74) is 1.89. The van der Waals surface area contributed by atoms with Gasteiger partial charge in [-0.2, -0.15) is 15.1 Å². The smallest absolute Gasteiger partial charge is 0.343 e. The topological polar surface area (TPSA) is 117 Å². The van der Waals surface area contributed by atoms with Crippen LogP contribution in [0.3, 0.4) is 0 Å². The molecule has 2 aliphatic heterocycles. The minimum absolute atomic E-state index is 0.0792. The van der Waals surface area contributed by atoms with Crippen LogP contribution in [0.4, 0.5) is 0 Å². The summed E-state index contributed by atoms with van der Waals surface area (Å²) in [7, 11) is 0. The second-order valence-corrected chi connectivity index (χ2v) is 8.51. The molecule has 0 saturated heterocycles. The highest BCUT2D eigenvalue weighted by molar-refractivity contribution is 8.27. The maximum absolute atomic E-state index is 12.8. The quantitative estimate of drug-likeness (QED) is 0.305. The number of ether oxygens (including phenoxy) is 2. The average Bonchev–Trinajstić information content (AvgIpc) is 3.33. The van der Waals surface area contributed by atoms with Gasteiger partial charge in [0.1, 0.15) is 5.04 Å². The third kappa shape index (κ3) is 4.66. The lowest BCUT2D eigenvalue weighted by Gasteiger charge is -2.20. The van der Waals surface area contributed by atoms with Gasteiger partial charge in [-0.1, -0.05) is 24.3 Å². The number of carbonyl (C=O) groups excluding carboxylic acids is 2. The Morgan fingerprint density at radius 3 is 2.61 bits per heavy atom. The fourth-order valence-corrected chi connectivity index (χ4v) is 4.37. The largest absolute Gasteiger partial charge is 0.490 e. The molecule has 1 N–H and O–H groups in total. The zero-order valence-electron chi connectivity index (χ0n) is 19.0. The number of hydrogen-bond donors (Lipinski definition) is 1. The van der Waals surface area contributed by atoms with E-state index in [4.69, 9.17) is 14.9 Å². The number of pyridine rings is 1. The first kappa shape index (κ1) is 23.2. The van der Waals surface area contributed by atoms with Crippen molar-refractivity contribution in [1.82, 2.24) is 9.99 Å². The summed E-state index contributed by atoms with van der Waals surface area (Å²) in [6.07, 6.45) is 4.84. The molecule has 0 radical (unpaired) electrons. The predicted molar refractivity (Wildman–Crippen MR) is 137 cm³/mol. The Kier molecular flexibility index (Phi) is 6.42. The van der Waals surface area contributed by atoms with Crippen molar-refractivity contribution in [3.8, 4) is 11.5 Å². The van der Waals surface area contributed by atoms with Crippen LogP contribution in [0.15, 0.2) is 88.7 Å². The van der Waals surface area contributed by atoms with E-state index in [9.17, 15) is 9.59 Å². The van der Waals surface area contributed by atoms with Crippen LogP contribution >= 0.6 is 11.8 Å². The molecule has 10 heteroatoms. The Hall–Kier alpha value is -4.57. The van der Waals surface area contributed by atoms with E-state index in [1.54, 1.807) is 73.1 Å². The molecule has 2 aromatic carbocycles. The monoisotopic (exact) mass is 497 g/mol. The standard InChI is InChI=1S/C26H19N5O4S/c1-2-34-21-15-16(8-9-20(21)35-25(33)18-6-4-3-5-7-18)14-19-22(27)31-26(29-23(19)32)36-24(30-31)17-10-12-28-13-11-17/h3-15,27H,2H2,1H3/b19-14+,27-22?. The molecule has 0 aliphatic carbocycles. The number of nitrogens with zero attached hydrogens (tertiary/aromatic N) is 4. The van der Waals surface area contributed by atoms with Crippen LogP contribution in [-0.4, -0.2) is 44.5 Å². The van der Waals surface area contributed by atoms with Crippen molar-refractivity contribution >= 4 is 45.8 Å². The Bertz CT molecular complexity index is 1450.